The molecule has 0 saturated heterocycles. The molecule has 0 atom stereocenters. The molecule has 0 aromatic rings. The first-order chi connectivity index (χ1) is 11.9. The molecule has 0 aliphatic carbocycles. The normalized spacial score (nSPS) is 14.0. The zero-order valence-corrected chi connectivity index (χ0v) is 14.8. The smallest absolute Gasteiger partial charge is 0.0348 e. The highest BCUT2D eigenvalue weighted by Gasteiger charge is 1.74. The van der Waals surface area contributed by atoms with E-state index in [9.17, 15) is 0 Å². The van der Waals surface area contributed by atoms with Gasteiger partial charge in [0.1, 0.15) is 0 Å². The molecule has 126 valence electrons. The molecule has 0 aromatic heterocycles. The number of allylic oxidation sites excluding steroid dienone is 19. The largest absolute Gasteiger partial charge is 0.0991 e. The first-order valence-electron chi connectivity index (χ1n) is 8.52. The zero-order chi connectivity index (χ0) is 17.6. The first-order valence-corrected chi connectivity index (χ1v) is 8.52. The molecule has 24 heavy (non-hydrogen) atoms. The SMILES string of the molecule is C=CC=CC=CC=CC=CC=CC=CC=CC=CC=CCCCC. The molecule has 0 spiro atoms. The Morgan fingerprint density at radius 3 is 1.17 bits per heavy atom. The highest BCUT2D eigenvalue weighted by Crippen LogP contribution is 1.95. The van der Waals surface area contributed by atoms with E-state index in [0.717, 1.165) is 0 Å². The maximum absolute atomic E-state index is 3.61. The molecule has 0 nitrogen and oxygen atoms in total. The van der Waals surface area contributed by atoms with Gasteiger partial charge in [0.25, 0.3) is 0 Å². The van der Waals surface area contributed by atoms with Gasteiger partial charge in [-0.3, -0.25) is 0 Å². The number of rotatable bonds is 12. The fraction of sp³-hybridized carbons (Fsp3) is 0.167. The molecule has 0 heterocycles. The van der Waals surface area contributed by atoms with Crippen molar-refractivity contribution in [2.24, 2.45) is 0 Å². The van der Waals surface area contributed by atoms with Gasteiger partial charge in [-0.1, -0.05) is 142 Å². The van der Waals surface area contributed by atoms with Crippen LogP contribution in [0.15, 0.2) is 122 Å². The summed E-state index contributed by atoms with van der Waals surface area (Å²) in [7, 11) is 0. The van der Waals surface area contributed by atoms with Crippen molar-refractivity contribution in [2.75, 3.05) is 0 Å². The molecular weight excluding hydrogens is 288 g/mol. The van der Waals surface area contributed by atoms with Crippen molar-refractivity contribution < 1.29 is 0 Å². The lowest BCUT2D eigenvalue weighted by Crippen LogP contribution is -1.64. The van der Waals surface area contributed by atoms with E-state index in [2.05, 4.69) is 31.7 Å². The van der Waals surface area contributed by atoms with Crippen LogP contribution in [0.25, 0.3) is 0 Å². The second-order valence-electron chi connectivity index (χ2n) is 4.89. The van der Waals surface area contributed by atoms with Gasteiger partial charge in [0.05, 0.1) is 0 Å². The van der Waals surface area contributed by atoms with Gasteiger partial charge in [-0.05, 0) is 6.42 Å². The van der Waals surface area contributed by atoms with Crippen molar-refractivity contribution in [1.82, 2.24) is 0 Å². The van der Waals surface area contributed by atoms with Crippen molar-refractivity contribution >= 4 is 0 Å². The van der Waals surface area contributed by atoms with Gasteiger partial charge in [0, 0.05) is 0 Å². The van der Waals surface area contributed by atoms with E-state index in [1.807, 2.05) is 91.1 Å². The Bertz CT molecular complexity index is 541. The minimum Gasteiger partial charge on any atom is -0.0991 e. The third-order valence-corrected chi connectivity index (χ3v) is 2.77. The van der Waals surface area contributed by atoms with Crippen LogP contribution in [0.5, 0.6) is 0 Å². The monoisotopic (exact) mass is 318 g/mol. The molecular formula is C24H30. The Kier molecular flexibility index (Phi) is 18.2. The Morgan fingerprint density at radius 2 is 0.833 bits per heavy atom. The van der Waals surface area contributed by atoms with Crippen molar-refractivity contribution in [2.45, 2.75) is 26.2 Å². The van der Waals surface area contributed by atoms with E-state index < -0.39 is 0 Å². The summed E-state index contributed by atoms with van der Waals surface area (Å²) in [5, 5.41) is 0. The van der Waals surface area contributed by atoms with E-state index in [1.165, 1.54) is 19.3 Å². The third-order valence-electron chi connectivity index (χ3n) is 2.77. The summed E-state index contributed by atoms with van der Waals surface area (Å²) in [4.78, 5) is 0. The summed E-state index contributed by atoms with van der Waals surface area (Å²) in [5.41, 5.74) is 0. The summed E-state index contributed by atoms with van der Waals surface area (Å²) in [5.74, 6) is 0. The predicted molar refractivity (Wildman–Crippen MR) is 112 cm³/mol. The quantitative estimate of drug-likeness (QED) is 0.260. The van der Waals surface area contributed by atoms with Crippen LogP contribution in [0.2, 0.25) is 0 Å². The van der Waals surface area contributed by atoms with Crippen LogP contribution in [0, 0.1) is 0 Å². The molecule has 0 heteroatoms. The van der Waals surface area contributed by atoms with Crippen molar-refractivity contribution in [1.29, 1.82) is 0 Å². The summed E-state index contributed by atoms with van der Waals surface area (Å²) in [6, 6.07) is 0. The Hall–Kier alpha value is -2.60. The Labute approximate surface area is 148 Å². The lowest BCUT2D eigenvalue weighted by atomic mass is 10.2. The van der Waals surface area contributed by atoms with Crippen LogP contribution in [0.4, 0.5) is 0 Å². The van der Waals surface area contributed by atoms with Gasteiger partial charge in [0.15, 0.2) is 0 Å². The van der Waals surface area contributed by atoms with Gasteiger partial charge < -0.3 is 0 Å². The molecule has 0 fully saturated rings. The van der Waals surface area contributed by atoms with Gasteiger partial charge in [0.2, 0.25) is 0 Å². The lowest BCUT2D eigenvalue weighted by Gasteiger charge is -1.84. The van der Waals surface area contributed by atoms with Crippen LogP contribution < -0.4 is 0 Å². The number of hydrogen-bond acceptors (Lipinski definition) is 0. The van der Waals surface area contributed by atoms with Gasteiger partial charge in [-0.25, -0.2) is 0 Å². The topological polar surface area (TPSA) is 0 Å². The molecule has 0 N–H and O–H groups in total. The second kappa shape index (κ2) is 20.4. The molecule has 0 aliphatic rings. The highest BCUT2D eigenvalue weighted by atomic mass is 13.8. The first kappa shape index (κ1) is 21.4. The van der Waals surface area contributed by atoms with Crippen molar-refractivity contribution in [3.63, 3.8) is 0 Å². The van der Waals surface area contributed by atoms with Gasteiger partial charge in [-0.15, -0.1) is 0 Å². The van der Waals surface area contributed by atoms with Crippen LogP contribution >= 0.6 is 0 Å². The number of hydrogen-bond donors (Lipinski definition) is 0. The summed E-state index contributed by atoms with van der Waals surface area (Å²) in [6.45, 7) is 5.82. The molecule has 0 rings (SSSR count). The van der Waals surface area contributed by atoms with Crippen molar-refractivity contribution in [3.05, 3.63) is 122 Å². The Morgan fingerprint density at radius 1 is 0.500 bits per heavy atom. The highest BCUT2D eigenvalue weighted by molar-refractivity contribution is 5.22. The summed E-state index contributed by atoms with van der Waals surface area (Å²) >= 11 is 0. The second-order valence-corrected chi connectivity index (χ2v) is 4.89. The van der Waals surface area contributed by atoms with Crippen LogP contribution in [0.3, 0.4) is 0 Å². The zero-order valence-electron chi connectivity index (χ0n) is 14.8. The average Bonchev–Trinajstić information content (AvgIpc) is 2.60. The van der Waals surface area contributed by atoms with Gasteiger partial charge >= 0.3 is 0 Å². The van der Waals surface area contributed by atoms with Gasteiger partial charge in [-0.2, -0.15) is 0 Å². The number of unbranched alkanes of at least 4 members (excludes halogenated alkanes) is 2. The molecule has 0 bridgehead atoms. The molecule has 0 aromatic carbocycles. The average molecular weight is 319 g/mol. The van der Waals surface area contributed by atoms with E-state index in [4.69, 9.17) is 0 Å². The van der Waals surface area contributed by atoms with E-state index in [-0.39, 0.29) is 0 Å². The molecule has 0 amide bonds. The summed E-state index contributed by atoms with van der Waals surface area (Å²) in [6.07, 6.45) is 41.7. The fourth-order valence-corrected chi connectivity index (χ4v) is 1.54. The van der Waals surface area contributed by atoms with Crippen molar-refractivity contribution in [3.8, 4) is 0 Å². The van der Waals surface area contributed by atoms with E-state index in [1.54, 1.807) is 6.08 Å². The van der Waals surface area contributed by atoms with Crippen LogP contribution in [-0.2, 0) is 0 Å². The lowest BCUT2D eigenvalue weighted by molar-refractivity contribution is 0.815. The maximum Gasteiger partial charge on any atom is -0.0348 e. The predicted octanol–water partition coefficient (Wildman–Crippen LogP) is 7.37. The fourth-order valence-electron chi connectivity index (χ4n) is 1.54. The standard InChI is InChI=1S/C24H30/c1-3-5-7-9-11-13-15-17-19-21-23-24-22-20-18-16-14-12-10-8-6-4-2/h3,5,7,9-24H,1,4,6,8H2,2H3. The molecule has 0 unspecified atom stereocenters. The molecule has 0 radical (unpaired) electrons. The van der Waals surface area contributed by atoms with Crippen LogP contribution in [0.1, 0.15) is 26.2 Å². The molecule has 0 saturated carbocycles. The maximum atomic E-state index is 3.61. The summed E-state index contributed by atoms with van der Waals surface area (Å²) < 4.78 is 0. The van der Waals surface area contributed by atoms with E-state index >= 15 is 0 Å². The third kappa shape index (κ3) is 19.4. The Balaban J connectivity index is 3.84. The minimum absolute atomic E-state index is 1.17. The molecule has 0 aliphatic heterocycles. The minimum atomic E-state index is 1.17. The van der Waals surface area contributed by atoms with Crippen LogP contribution in [-0.4, -0.2) is 0 Å². The van der Waals surface area contributed by atoms with E-state index in [0.29, 0.717) is 0 Å².